The molecule has 0 bridgehead atoms. The second-order valence-electron chi connectivity index (χ2n) is 4.44. The second kappa shape index (κ2) is 5.73. The largest absolute Gasteiger partial charge is 0.472 e. The summed E-state index contributed by atoms with van der Waals surface area (Å²) >= 11 is 7.80. The Morgan fingerprint density at radius 2 is 2.25 bits per heavy atom. The van der Waals surface area contributed by atoms with Crippen molar-refractivity contribution < 1.29 is 8.81 Å². The number of hydrogen-bond donors (Lipinski definition) is 0. The summed E-state index contributed by atoms with van der Waals surface area (Å²) in [7, 11) is 0. The lowest BCUT2D eigenvalue weighted by Crippen LogP contribution is -2.05. The topological polar surface area (TPSA) is 31.0 Å². The highest BCUT2D eigenvalue weighted by Crippen LogP contribution is 2.23. The van der Waals surface area contributed by atoms with Gasteiger partial charge in [-0.1, -0.05) is 0 Å². The lowest BCUT2D eigenvalue weighted by molar-refractivity contribution is 0.562. The molecule has 3 aromatic rings. The van der Waals surface area contributed by atoms with Crippen LogP contribution in [0.3, 0.4) is 0 Å². The number of hydrogen-bond acceptors (Lipinski definition) is 2. The molecule has 3 nitrogen and oxygen atoms in total. The van der Waals surface area contributed by atoms with E-state index >= 15 is 0 Å². The first-order chi connectivity index (χ1) is 9.69. The molecule has 0 radical (unpaired) electrons. The molecule has 0 saturated heterocycles. The fraction of sp³-hybridized carbons (Fsp3) is 0.214. The number of furan rings is 1. The minimum Gasteiger partial charge on any atom is -0.472 e. The summed E-state index contributed by atoms with van der Waals surface area (Å²) in [4.78, 5) is 4.56. The normalized spacial score (nSPS) is 11.3. The minimum absolute atomic E-state index is 0.233. The molecular formula is C14H11ClFIN2O. The molecule has 0 aliphatic carbocycles. The molecule has 0 N–H and O–H groups in total. The maximum absolute atomic E-state index is 13.8. The lowest BCUT2D eigenvalue weighted by Gasteiger charge is -2.07. The number of fused-ring (bicyclic) bond motifs is 1. The molecule has 20 heavy (non-hydrogen) atoms. The number of benzene rings is 1. The summed E-state index contributed by atoms with van der Waals surface area (Å²) in [5.41, 5.74) is 2.59. The molecule has 0 aliphatic heterocycles. The zero-order valence-corrected chi connectivity index (χ0v) is 13.4. The molecule has 1 aromatic carbocycles. The third-order valence-corrected chi connectivity index (χ3v) is 4.12. The average molecular weight is 405 g/mol. The highest BCUT2D eigenvalue weighted by atomic mass is 127. The van der Waals surface area contributed by atoms with Crippen molar-refractivity contribution in [2.24, 2.45) is 0 Å². The van der Waals surface area contributed by atoms with Crippen LogP contribution in [0, 0.1) is 9.39 Å². The van der Waals surface area contributed by atoms with Crippen molar-refractivity contribution in [1.29, 1.82) is 0 Å². The van der Waals surface area contributed by atoms with Crippen molar-refractivity contribution in [3.8, 4) is 0 Å². The number of halogens is 3. The van der Waals surface area contributed by atoms with Crippen LogP contribution in [0.25, 0.3) is 11.0 Å². The van der Waals surface area contributed by atoms with E-state index in [-0.39, 0.29) is 5.82 Å². The quantitative estimate of drug-likeness (QED) is 0.482. The van der Waals surface area contributed by atoms with Gasteiger partial charge >= 0.3 is 0 Å². The number of nitrogens with zero attached hydrogens (tertiary/aromatic N) is 2. The maximum Gasteiger partial charge on any atom is 0.138 e. The zero-order valence-electron chi connectivity index (χ0n) is 10.4. The van der Waals surface area contributed by atoms with Crippen molar-refractivity contribution in [3.63, 3.8) is 0 Å². The van der Waals surface area contributed by atoms with E-state index in [4.69, 9.17) is 16.0 Å². The maximum atomic E-state index is 13.8. The molecule has 0 saturated carbocycles. The highest BCUT2D eigenvalue weighted by molar-refractivity contribution is 14.1. The number of aryl methyl sites for hydroxylation is 1. The Labute approximate surface area is 133 Å². The van der Waals surface area contributed by atoms with Gasteiger partial charge in [-0.15, -0.1) is 11.6 Å². The van der Waals surface area contributed by atoms with E-state index in [0.717, 1.165) is 22.4 Å². The molecule has 0 atom stereocenters. The van der Waals surface area contributed by atoms with Crippen molar-refractivity contribution in [1.82, 2.24) is 9.55 Å². The van der Waals surface area contributed by atoms with Crippen LogP contribution in [0.15, 0.2) is 35.1 Å². The Balaban J connectivity index is 2.15. The van der Waals surface area contributed by atoms with E-state index in [1.54, 1.807) is 18.6 Å². The molecule has 0 unspecified atom stereocenters. The predicted molar refractivity (Wildman–Crippen MR) is 84.6 cm³/mol. The predicted octanol–water partition coefficient (Wildman–Crippen LogP) is 4.20. The molecule has 2 heterocycles. The molecule has 2 aromatic heterocycles. The average Bonchev–Trinajstić information content (AvgIpc) is 3.02. The highest BCUT2D eigenvalue weighted by Gasteiger charge is 2.14. The van der Waals surface area contributed by atoms with Gasteiger partial charge in [0, 0.05) is 23.9 Å². The van der Waals surface area contributed by atoms with Crippen LogP contribution in [-0.4, -0.2) is 15.4 Å². The molecule has 0 amide bonds. The van der Waals surface area contributed by atoms with Crippen LogP contribution < -0.4 is 0 Å². The Morgan fingerprint density at radius 1 is 1.40 bits per heavy atom. The first kappa shape index (κ1) is 13.9. The van der Waals surface area contributed by atoms with E-state index in [1.165, 1.54) is 6.07 Å². The number of alkyl halides is 1. The monoisotopic (exact) mass is 404 g/mol. The van der Waals surface area contributed by atoms with Crippen LogP contribution in [-0.2, 0) is 13.0 Å². The van der Waals surface area contributed by atoms with Gasteiger partial charge in [0.05, 0.1) is 33.7 Å². The van der Waals surface area contributed by atoms with Gasteiger partial charge < -0.3 is 8.98 Å². The third kappa shape index (κ3) is 2.56. The van der Waals surface area contributed by atoms with Gasteiger partial charge in [-0.3, -0.25) is 0 Å². The van der Waals surface area contributed by atoms with Crippen molar-refractivity contribution >= 4 is 45.2 Å². The van der Waals surface area contributed by atoms with Crippen LogP contribution in [0.4, 0.5) is 4.39 Å². The Bertz CT molecular complexity index is 739. The second-order valence-corrected chi connectivity index (χ2v) is 5.98. The molecular weight excluding hydrogens is 394 g/mol. The molecule has 104 valence electrons. The number of aromatic nitrogens is 2. The zero-order chi connectivity index (χ0) is 14.1. The Hall–Kier alpha value is -1.08. The fourth-order valence-electron chi connectivity index (χ4n) is 2.19. The van der Waals surface area contributed by atoms with Gasteiger partial charge in [0.25, 0.3) is 0 Å². The van der Waals surface area contributed by atoms with Crippen molar-refractivity contribution in [2.75, 3.05) is 5.88 Å². The third-order valence-electron chi connectivity index (χ3n) is 3.11. The van der Waals surface area contributed by atoms with E-state index in [2.05, 4.69) is 4.98 Å². The number of rotatable bonds is 4. The standard InChI is InChI=1S/C14H11ClFIN2O/c15-3-1-14-18-12-6-11(17)10(16)5-13(12)19(14)7-9-2-4-20-8-9/h2,4-6,8H,1,3,7H2. The van der Waals surface area contributed by atoms with Crippen LogP contribution in [0.2, 0.25) is 0 Å². The van der Waals surface area contributed by atoms with Crippen LogP contribution in [0.1, 0.15) is 11.4 Å². The summed E-state index contributed by atoms with van der Waals surface area (Å²) in [5.74, 6) is 1.11. The van der Waals surface area contributed by atoms with Gasteiger partial charge in [-0.05, 0) is 34.7 Å². The SMILES string of the molecule is Fc1cc2c(cc1I)nc(CCCl)n2Cc1ccoc1. The van der Waals surface area contributed by atoms with Gasteiger partial charge in [0.15, 0.2) is 0 Å². The molecule has 3 rings (SSSR count). The molecule has 0 spiro atoms. The van der Waals surface area contributed by atoms with E-state index in [9.17, 15) is 4.39 Å². The first-order valence-corrected chi connectivity index (χ1v) is 7.71. The molecule has 0 fully saturated rings. The van der Waals surface area contributed by atoms with E-state index in [0.29, 0.717) is 22.4 Å². The van der Waals surface area contributed by atoms with Gasteiger partial charge in [-0.2, -0.15) is 0 Å². The van der Waals surface area contributed by atoms with Gasteiger partial charge in [0.2, 0.25) is 0 Å². The van der Waals surface area contributed by atoms with Crippen LogP contribution >= 0.6 is 34.2 Å². The van der Waals surface area contributed by atoms with Crippen LogP contribution in [0.5, 0.6) is 0 Å². The fourth-order valence-corrected chi connectivity index (χ4v) is 2.81. The summed E-state index contributed by atoms with van der Waals surface area (Å²) in [6, 6.07) is 5.18. The van der Waals surface area contributed by atoms with Gasteiger partial charge in [0.1, 0.15) is 11.6 Å². The summed E-state index contributed by atoms with van der Waals surface area (Å²) < 4.78 is 21.5. The minimum atomic E-state index is -0.233. The summed E-state index contributed by atoms with van der Waals surface area (Å²) in [5, 5.41) is 0. The lowest BCUT2D eigenvalue weighted by atomic mass is 10.3. The Morgan fingerprint density at radius 3 is 2.95 bits per heavy atom. The molecule has 0 aliphatic rings. The summed E-state index contributed by atoms with van der Waals surface area (Å²) in [6.45, 7) is 0.596. The summed E-state index contributed by atoms with van der Waals surface area (Å²) in [6.07, 6.45) is 3.95. The van der Waals surface area contributed by atoms with Crippen molar-refractivity contribution in [2.45, 2.75) is 13.0 Å². The molecule has 6 heteroatoms. The van der Waals surface area contributed by atoms with E-state index in [1.807, 2.05) is 33.2 Å². The number of imidazole rings is 1. The first-order valence-electron chi connectivity index (χ1n) is 6.10. The van der Waals surface area contributed by atoms with Crippen molar-refractivity contribution in [3.05, 3.63) is 51.5 Å². The van der Waals surface area contributed by atoms with Gasteiger partial charge in [-0.25, -0.2) is 9.37 Å². The smallest absolute Gasteiger partial charge is 0.138 e. The Kier molecular flexibility index (Phi) is 3.98. The van der Waals surface area contributed by atoms with E-state index < -0.39 is 0 Å².